The average molecular weight is 307 g/mol. The smallest absolute Gasteiger partial charge is 0.232 e. The Morgan fingerprint density at radius 3 is 2.52 bits per heavy atom. The summed E-state index contributed by atoms with van der Waals surface area (Å²) < 4.78 is 5.60. The molecule has 2 aromatic rings. The third-order valence-electron chi connectivity index (χ3n) is 4.31. The fourth-order valence-electron chi connectivity index (χ4n) is 3.09. The second-order valence-corrected chi connectivity index (χ2v) is 5.91. The maximum atomic E-state index is 12.3. The van der Waals surface area contributed by atoms with Gasteiger partial charge in [0.2, 0.25) is 5.78 Å². The van der Waals surface area contributed by atoms with Crippen molar-refractivity contribution in [1.29, 1.82) is 0 Å². The van der Waals surface area contributed by atoms with E-state index in [1.54, 1.807) is 12.1 Å². The molecule has 0 unspecified atom stereocenters. The molecule has 0 saturated carbocycles. The first kappa shape index (κ1) is 13.9. The Labute approximate surface area is 134 Å². The summed E-state index contributed by atoms with van der Waals surface area (Å²) in [5.74, 6) is 0.656. The van der Waals surface area contributed by atoms with Gasteiger partial charge in [-0.2, -0.15) is 0 Å². The number of carbonyl (C=O) groups is 1. The molecule has 1 fully saturated rings. The molecule has 4 rings (SSSR count). The molecule has 4 nitrogen and oxygen atoms in total. The summed E-state index contributed by atoms with van der Waals surface area (Å²) in [5, 5.41) is 9.49. The summed E-state index contributed by atoms with van der Waals surface area (Å²) in [6.45, 7) is 2.22. The maximum Gasteiger partial charge on any atom is 0.232 e. The molecule has 2 heterocycles. The highest BCUT2D eigenvalue weighted by atomic mass is 16.5. The Kier molecular flexibility index (Phi) is 3.30. The van der Waals surface area contributed by atoms with Crippen LogP contribution in [0, 0.1) is 0 Å². The third kappa shape index (κ3) is 2.57. The molecule has 0 aromatic heterocycles. The molecule has 0 amide bonds. The molecule has 116 valence electrons. The van der Waals surface area contributed by atoms with Crippen LogP contribution in [0.15, 0.2) is 48.2 Å². The van der Waals surface area contributed by atoms with Crippen LogP contribution >= 0.6 is 0 Å². The predicted octanol–water partition coefficient (Wildman–Crippen LogP) is 3.61. The fourth-order valence-corrected chi connectivity index (χ4v) is 3.09. The number of ketones is 1. The van der Waals surface area contributed by atoms with E-state index in [0.29, 0.717) is 17.1 Å². The topological polar surface area (TPSA) is 49.8 Å². The largest absolute Gasteiger partial charge is 0.508 e. The molecular formula is C19H17NO3. The minimum atomic E-state index is -0.195. The standard InChI is InChI=1S/C19H17NO3/c21-15-7-8-17-16(12-15)19(22)18(23-17)11-13-3-5-14(6-4-13)20-9-1-2-10-20/h3-8,11-12,21H,1-2,9-10H2/b18-11-. The van der Waals surface area contributed by atoms with Crippen molar-refractivity contribution in [3.05, 3.63) is 59.4 Å². The van der Waals surface area contributed by atoms with Gasteiger partial charge in [-0.15, -0.1) is 0 Å². The lowest BCUT2D eigenvalue weighted by atomic mass is 10.1. The lowest BCUT2D eigenvalue weighted by Gasteiger charge is -2.17. The zero-order chi connectivity index (χ0) is 15.8. The highest BCUT2D eigenvalue weighted by molar-refractivity contribution is 6.14. The van der Waals surface area contributed by atoms with Crippen LogP contribution in [0.25, 0.3) is 6.08 Å². The zero-order valence-electron chi connectivity index (χ0n) is 12.7. The Hall–Kier alpha value is -2.75. The van der Waals surface area contributed by atoms with E-state index < -0.39 is 0 Å². The molecule has 23 heavy (non-hydrogen) atoms. The first-order valence-corrected chi connectivity index (χ1v) is 7.83. The average Bonchev–Trinajstić information content (AvgIpc) is 3.19. The summed E-state index contributed by atoms with van der Waals surface area (Å²) in [6.07, 6.45) is 4.24. The summed E-state index contributed by atoms with van der Waals surface area (Å²) in [7, 11) is 0. The number of hydrogen-bond donors (Lipinski definition) is 1. The number of Topliss-reactive ketones (excluding diaryl/α,β-unsaturated/α-hetero) is 1. The molecule has 2 aromatic carbocycles. The minimum absolute atomic E-state index is 0.0666. The van der Waals surface area contributed by atoms with Crippen molar-refractivity contribution in [3.8, 4) is 11.5 Å². The van der Waals surface area contributed by atoms with Crippen molar-refractivity contribution in [2.75, 3.05) is 18.0 Å². The van der Waals surface area contributed by atoms with Crippen LogP contribution in [0.4, 0.5) is 5.69 Å². The Morgan fingerprint density at radius 1 is 1.04 bits per heavy atom. The predicted molar refractivity (Wildman–Crippen MR) is 88.9 cm³/mol. The number of phenolic OH excluding ortho intramolecular Hbond substituents is 1. The second kappa shape index (κ2) is 5.47. The van der Waals surface area contributed by atoms with Crippen molar-refractivity contribution in [3.63, 3.8) is 0 Å². The number of phenols is 1. The second-order valence-electron chi connectivity index (χ2n) is 5.91. The van der Waals surface area contributed by atoms with Gasteiger partial charge >= 0.3 is 0 Å². The third-order valence-corrected chi connectivity index (χ3v) is 4.31. The maximum absolute atomic E-state index is 12.3. The number of ether oxygens (including phenoxy) is 1. The molecule has 1 saturated heterocycles. The molecule has 0 radical (unpaired) electrons. The van der Waals surface area contributed by atoms with Gasteiger partial charge < -0.3 is 14.7 Å². The van der Waals surface area contributed by atoms with Crippen molar-refractivity contribution in [2.24, 2.45) is 0 Å². The van der Waals surface area contributed by atoms with Gasteiger partial charge in [-0.05, 0) is 54.8 Å². The lowest BCUT2D eigenvalue weighted by molar-refractivity contribution is 0.101. The number of allylic oxidation sites excluding steroid dienone is 1. The number of nitrogens with zero attached hydrogens (tertiary/aromatic N) is 1. The van der Waals surface area contributed by atoms with Crippen molar-refractivity contribution in [1.82, 2.24) is 0 Å². The van der Waals surface area contributed by atoms with Gasteiger partial charge in [-0.3, -0.25) is 4.79 Å². The summed E-state index contributed by atoms with van der Waals surface area (Å²) in [5.41, 5.74) is 2.55. The van der Waals surface area contributed by atoms with Gasteiger partial charge in [0.25, 0.3) is 0 Å². The number of aromatic hydroxyl groups is 1. The fraction of sp³-hybridized carbons (Fsp3) is 0.211. The van der Waals surface area contributed by atoms with Crippen LogP contribution in [0.5, 0.6) is 11.5 Å². The van der Waals surface area contributed by atoms with E-state index in [1.807, 2.05) is 12.1 Å². The van der Waals surface area contributed by atoms with Gasteiger partial charge in [0.15, 0.2) is 5.76 Å². The van der Waals surface area contributed by atoms with Crippen LogP contribution < -0.4 is 9.64 Å². The quantitative estimate of drug-likeness (QED) is 0.861. The number of fused-ring (bicyclic) bond motifs is 1. The highest BCUT2D eigenvalue weighted by Gasteiger charge is 2.27. The first-order valence-electron chi connectivity index (χ1n) is 7.83. The van der Waals surface area contributed by atoms with E-state index in [2.05, 4.69) is 17.0 Å². The number of carbonyl (C=O) groups excluding carboxylic acids is 1. The molecule has 2 aliphatic rings. The van der Waals surface area contributed by atoms with Gasteiger partial charge in [0, 0.05) is 18.8 Å². The molecule has 0 atom stereocenters. The van der Waals surface area contributed by atoms with Crippen LogP contribution in [-0.2, 0) is 0 Å². The van der Waals surface area contributed by atoms with Crippen LogP contribution in [0.3, 0.4) is 0 Å². The Balaban J connectivity index is 1.58. The van der Waals surface area contributed by atoms with Gasteiger partial charge in [0.1, 0.15) is 11.5 Å². The zero-order valence-corrected chi connectivity index (χ0v) is 12.7. The van der Waals surface area contributed by atoms with Crippen LogP contribution in [-0.4, -0.2) is 24.0 Å². The monoisotopic (exact) mass is 307 g/mol. The van der Waals surface area contributed by atoms with Gasteiger partial charge in [-0.25, -0.2) is 0 Å². The van der Waals surface area contributed by atoms with Crippen molar-refractivity contribution >= 4 is 17.5 Å². The van der Waals surface area contributed by atoms with E-state index in [4.69, 9.17) is 4.74 Å². The van der Waals surface area contributed by atoms with E-state index in [9.17, 15) is 9.90 Å². The van der Waals surface area contributed by atoms with E-state index in [-0.39, 0.29) is 11.5 Å². The number of hydrogen-bond acceptors (Lipinski definition) is 4. The lowest BCUT2D eigenvalue weighted by Crippen LogP contribution is -2.17. The van der Waals surface area contributed by atoms with Crippen molar-refractivity contribution < 1.29 is 14.6 Å². The van der Waals surface area contributed by atoms with E-state index in [0.717, 1.165) is 18.7 Å². The Morgan fingerprint density at radius 2 is 1.78 bits per heavy atom. The highest BCUT2D eigenvalue weighted by Crippen LogP contribution is 2.34. The van der Waals surface area contributed by atoms with E-state index >= 15 is 0 Å². The summed E-state index contributed by atoms with van der Waals surface area (Å²) in [6, 6.07) is 12.7. The minimum Gasteiger partial charge on any atom is -0.508 e. The molecule has 0 spiro atoms. The van der Waals surface area contributed by atoms with Gasteiger partial charge in [-0.1, -0.05) is 12.1 Å². The van der Waals surface area contributed by atoms with Gasteiger partial charge in [0.05, 0.1) is 5.56 Å². The van der Waals surface area contributed by atoms with Crippen molar-refractivity contribution in [2.45, 2.75) is 12.8 Å². The number of rotatable bonds is 2. The molecule has 2 aliphatic heterocycles. The first-order chi connectivity index (χ1) is 11.2. The summed E-state index contributed by atoms with van der Waals surface area (Å²) >= 11 is 0. The van der Waals surface area contributed by atoms with Crippen LogP contribution in [0.2, 0.25) is 0 Å². The molecular weight excluding hydrogens is 290 g/mol. The number of benzene rings is 2. The van der Waals surface area contributed by atoms with Crippen LogP contribution in [0.1, 0.15) is 28.8 Å². The normalized spacial score (nSPS) is 18.3. The van der Waals surface area contributed by atoms with E-state index in [1.165, 1.54) is 30.7 Å². The summed E-state index contributed by atoms with van der Waals surface area (Å²) in [4.78, 5) is 14.7. The molecule has 4 heteroatoms. The molecule has 0 bridgehead atoms. The number of anilines is 1. The Bertz CT molecular complexity index is 787. The molecule has 0 aliphatic carbocycles. The molecule has 1 N–H and O–H groups in total. The SMILES string of the molecule is O=C1/C(=C/c2ccc(N3CCCC3)cc2)Oc2ccc(O)cc21.